The summed E-state index contributed by atoms with van der Waals surface area (Å²) in [6.45, 7) is 7.20. The van der Waals surface area contributed by atoms with Crippen LogP contribution in [0.3, 0.4) is 0 Å². The van der Waals surface area contributed by atoms with Crippen LogP contribution in [0.1, 0.15) is 70.9 Å². The maximum Gasteiger partial charge on any atom is 0.490 e. The monoisotopic (exact) mass is 1130 g/mol. The van der Waals surface area contributed by atoms with Gasteiger partial charge < -0.3 is 10.0 Å². The summed E-state index contributed by atoms with van der Waals surface area (Å²) < 4.78 is 4.89. The molecule has 2 fully saturated rings. The minimum absolute atomic E-state index is 0.211. The highest BCUT2D eigenvalue weighted by atomic mass is 79.9. The van der Waals surface area contributed by atoms with Crippen LogP contribution in [0.5, 0.6) is 0 Å². The normalized spacial score (nSPS) is 13.7. The van der Waals surface area contributed by atoms with Crippen molar-refractivity contribution in [3.8, 4) is 45.3 Å². The smallest absolute Gasteiger partial charge is 0.423 e. The molecule has 2 aliphatic heterocycles. The van der Waals surface area contributed by atoms with Crippen molar-refractivity contribution >= 4 is 86.7 Å². The molecule has 2 amide bonds. The topological polar surface area (TPSA) is 167 Å². The van der Waals surface area contributed by atoms with Crippen LogP contribution in [-0.2, 0) is 0 Å². The maximum atomic E-state index is 13.3. The zero-order chi connectivity index (χ0) is 52.3. The number of hydrazine groups is 2. The number of imidazole rings is 2. The lowest BCUT2D eigenvalue weighted by atomic mass is 9.82. The summed E-state index contributed by atoms with van der Waals surface area (Å²) in [5.74, 6) is 0.750. The molecule has 8 aromatic rings. The van der Waals surface area contributed by atoms with Crippen molar-refractivity contribution in [1.29, 1.82) is 0 Å². The van der Waals surface area contributed by atoms with Crippen LogP contribution in [-0.4, -0.2) is 94.2 Å². The molecular weight excluding hydrogens is 1090 g/mol. The molecule has 0 aliphatic carbocycles. The number of amides is 2. The highest BCUT2D eigenvalue weighted by molar-refractivity contribution is 9.10. The van der Waals surface area contributed by atoms with Gasteiger partial charge in [-0.15, -0.1) is 0 Å². The molecule has 10 rings (SSSR count). The second kappa shape index (κ2) is 25.5. The van der Waals surface area contributed by atoms with E-state index in [0.29, 0.717) is 59.7 Å². The first-order valence-corrected chi connectivity index (χ1v) is 26.3. The molecule has 0 saturated carbocycles. The lowest BCUT2D eigenvalue weighted by Crippen LogP contribution is -2.45. The summed E-state index contributed by atoms with van der Waals surface area (Å²) in [6, 6.07) is 33.7. The molecule has 4 N–H and O–H groups in total. The van der Waals surface area contributed by atoms with Crippen LogP contribution in [0.25, 0.3) is 45.3 Å². The Balaban J connectivity index is 0.000000170. The van der Waals surface area contributed by atoms with Crippen molar-refractivity contribution in [2.45, 2.75) is 52.4 Å². The number of carbonyl (C=O) groups is 2. The van der Waals surface area contributed by atoms with Gasteiger partial charge in [0, 0.05) is 93.4 Å². The summed E-state index contributed by atoms with van der Waals surface area (Å²) in [5.41, 5.74) is 13.9. The van der Waals surface area contributed by atoms with Crippen LogP contribution >= 0.6 is 62.3 Å². The fourth-order valence-electron chi connectivity index (χ4n) is 8.63. The first-order chi connectivity index (χ1) is 35.7. The summed E-state index contributed by atoms with van der Waals surface area (Å²) in [7, 11) is -1.40. The number of hydrogen-bond donors (Lipinski definition) is 4. The lowest BCUT2D eigenvalue weighted by molar-refractivity contribution is 0.0737. The lowest BCUT2D eigenvalue weighted by Gasteiger charge is -2.26. The van der Waals surface area contributed by atoms with Crippen molar-refractivity contribution in [2.75, 3.05) is 26.2 Å². The quantitative estimate of drug-likeness (QED) is 0.0968. The van der Waals surface area contributed by atoms with Crippen molar-refractivity contribution in [3.63, 3.8) is 0 Å². The number of halogens is 5. The van der Waals surface area contributed by atoms with Crippen molar-refractivity contribution in [3.05, 3.63) is 181 Å². The fourth-order valence-corrected chi connectivity index (χ4v) is 9.88. The van der Waals surface area contributed by atoms with Gasteiger partial charge in [0.15, 0.2) is 11.4 Å². The zero-order valence-electron chi connectivity index (χ0n) is 40.5. The van der Waals surface area contributed by atoms with E-state index >= 15 is 0 Å². The van der Waals surface area contributed by atoms with E-state index in [1.54, 1.807) is 48.8 Å². The van der Waals surface area contributed by atoms with E-state index in [4.69, 9.17) is 66.4 Å². The van der Waals surface area contributed by atoms with Gasteiger partial charge in [-0.05, 0) is 136 Å². The predicted molar refractivity (Wildman–Crippen MR) is 298 cm³/mol. The second-order valence-corrected chi connectivity index (χ2v) is 20.2. The molecule has 20 heteroatoms. The Bertz CT molecular complexity index is 3190. The SMILES string of the molecule is Cc1c(C(=O)NN2CCCCC2)nc(-c2ccc(Cl)cc2Cl)n1-c1ccc(-c2cccnc2)cc1.Cc1c(C(=O)NN2CCCCC2)nc(-c2ccc(Cl)cc2Cl)n1-c1ccc(Br)cc1.OB(O)c1cccnc1. The van der Waals surface area contributed by atoms with Crippen LogP contribution in [0.2, 0.25) is 20.1 Å². The standard InChI is InChI=1S/C27H25Cl2N5O.C22H21BrCl2N4O.C5H6BNO2/c1-18-25(27(35)32-33-14-3-2-4-15-33)31-26(23-12-9-21(28)16-24(23)29)34(18)22-10-7-19(8-11-22)20-6-5-13-30-17-20;1-14-20(22(30)27-28-11-3-2-4-12-28)26-21(18-10-7-16(24)13-19(18)25)29(14)17-8-5-15(23)6-9-17;8-6(9)5-2-1-3-7-4-5/h5-13,16-17H,2-4,14-15H2,1H3,(H,32,35);5-10,13H,2-4,11-12H2,1H3,(H,27,30);1-4,8-9H. The van der Waals surface area contributed by atoms with E-state index in [2.05, 4.69) is 36.7 Å². The molecule has 4 aromatic heterocycles. The molecule has 0 atom stereocenters. The average Bonchev–Trinajstić information content (AvgIpc) is 3.94. The first-order valence-electron chi connectivity index (χ1n) is 24.0. The second-order valence-electron chi connectivity index (χ2n) is 17.6. The van der Waals surface area contributed by atoms with E-state index in [9.17, 15) is 9.59 Å². The van der Waals surface area contributed by atoms with Crippen LogP contribution in [0, 0.1) is 13.8 Å². The number of pyridine rings is 2. The van der Waals surface area contributed by atoms with E-state index in [1.807, 2.05) is 112 Å². The molecule has 0 radical (unpaired) electrons. The Hall–Kier alpha value is -5.92. The number of benzene rings is 4. The van der Waals surface area contributed by atoms with Gasteiger partial charge in [-0.1, -0.05) is 99.4 Å². The molecule has 0 bridgehead atoms. The van der Waals surface area contributed by atoms with Gasteiger partial charge in [0.1, 0.15) is 11.6 Å². The van der Waals surface area contributed by atoms with Gasteiger partial charge >= 0.3 is 7.12 Å². The van der Waals surface area contributed by atoms with Gasteiger partial charge in [-0.25, -0.2) is 20.0 Å². The molecule has 2 aliphatic rings. The van der Waals surface area contributed by atoms with Crippen LogP contribution in [0.15, 0.2) is 138 Å². The summed E-state index contributed by atoms with van der Waals surface area (Å²) in [4.78, 5) is 43.7. The largest absolute Gasteiger partial charge is 0.490 e. The minimum atomic E-state index is -1.40. The highest BCUT2D eigenvalue weighted by Crippen LogP contribution is 2.36. The minimum Gasteiger partial charge on any atom is -0.423 e. The molecule has 6 heterocycles. The number of nitrogens with zero attached hydrogens (tertiary/aromatic N) is 8. The molecule has 2 saturated heterocycles. The Kier molecular flexibility index (Phi) is 18.8. The van der Waals surface area contributed by atoms with Crippen LogP contribution in [0.4, 0.5) is 0 Å². The van der Waals surface area contributed by atoms with E-state index < -0.39 is 7.12 Å². The highest BCUT2D eigenvalue weighted by Gasteiger charge is 2.27. The van der Waals surface area contributed by atoms with Gasteiger partial charge in [0.2, 0.25) is 0 Å². The van der Waals surface area contributed by atoms with E-state index in [0.717, 1.165) is 90.2 Å². The Morgan fingerprint density at radius 2 is 1.01 bits per heavy atom. The fraction of sp³-hybridized carbons (Fsp3) is 0.222. The van der Waals surface area contributed by atoms with Crippen molar-refractivity contribution in [2.24, 2.45) is 0 Å². The van der Waals surface area contributed by atoms with Crippen LogP contribution < -0.4 is 16.3 Å². The summed E-state index contributed by atoms with van der Waals surface area (Å²) in [6.07, 6.45) is 13.3. The third kappa shape index (κ3) is 13.5. The Morgan fingerprint density at radius 1 is 0.568 bits per heavy atom. The zero-order valence-corrected chi connectivity index (χ0v) is 45.1. The number of piperidine rings is 2. The number of nitrogens with one attached hydrogen (secondary N) is 2. The van der Waals surface area contributed by atoms with Gasteiger partial charge in [-0.2, -0.15) is 0 Å². The summed E-state index contributed by atoms with van der Waals surface area (Å²) >= 11 is 28.8. The van der Waals surface area contributed by atoms with E-state index in [1.165, 1.54) is 19.0 Å². The molecule has 0 unspecified atom stereocenters. The molecule has 380 valence electrons. The molecule has 0 spiro atoms. The molecule has 4 aromatic carbocycles. The predicted octanol–water partition coefficient (Wildman–Crippen LogP) is 11.2. The van der Waals surface area contributed by atoms with Gasteiger partial charge in [-0.3, -0.25) is 39.5 Å². The van der Waals surface area contributed by atoms with Crippen molar-refractivity contribution in [1.82, 2.24) is 49.9 Å². The first kappa shape index (κ1) is 54.3. The Labute approximate surface area is 458 Å². The number of aromatic nitrogens is 6. The van der Waals surface area contributed by atoms with E-state index in [-0.39, 0.29) is 11.8 Å². The number of carbonyl (C=O) groups excluding carboxylic acids is 2. The third-order valence-corrected chi connectivity index (χ3v) is 14.0. The average molecular weight is 1140 g/mol. The molecule has 14 nitrogen and oxygen atoms in total. The van der Waals surface area contributed by atoms with Gasteiger partial charge in [0.25, 0.3) is 11.8 Å². The van der Waals surface area contributed by atoms with Crippen molar-refractivity contribution < 1.29 is 19.6 Å². The molecule has 74 heavy (non-hydrogen) atoms. The number of hydrogen-bond acceptors (Lipinski definition) is 10. The Morgan fingerprint density at radius 3 is 1.41 bits per heavy atom. The summed E-state index contributed by atoms with van der Waals surface area (Å²) in [5, 5.41) is 23.1. The maximum absolute atomic E-state index is 13.3. The third-order valence-electron chi connectivity index (χ3n) is 12.4. The molecular formula is C54H52BBrCl4N10O4. The van der Waals surface area contributed by atoms with Gasteiger partial charge in [0.05, 0.1) is 21.4 Å². The number of rotatable bonds is 10.